The van der Waals surface area contributed by atoms with Crippen molar-refractivity contribution in [2.45, 2.75) is 45.6 Å². The molecule has 0 fully saturated rings. The van der Waals surface area contributed by atoms with Gasteiger partial charge in [-0.2, -0.15) is 0 Å². The molecule has 1 aromatic heterocycles. The van der Waals surface area contributed by atoms with E-state index in [2.05, 4.69) is 23.3 Å². The van der Waals surface area contributed by atoms with Crippen molar-refractivity contribution in [2.75, 3.05) is 25.5 Å². The highest BCUT2D eigenvalue weighted by molar-refractivity contribution is 7.17. The molecule has 6 heteroatoms. The first-order chi connectivity index (χ1) is 13.6. The molecule has 5 nitrogen and oxygen atoms in total. The summed E-state index contributed by atoms with van der Waals surface area (Å²) in [5, 5.41) is 3.62. The molecule has 2 heterocycles. The maximum absolute atomic E-state index is 12.9. The van der Waals surface area contributed by atoms with Crippen LogP contribution in [0.3, 0.4) is 0 Å². The second-order valence-corrected chi connectivity index (χ2v) is 8.67. The van der Waals surface area contributed by atoms with Crippen molar-refractivity contribution in [3.63, 3.8) is 0 Å². The van der Waals surface area contributed by atoms with E-state index in [1.807, 2.05) is 12.1 Å². The summed E-state index contributed by atoms with van der Waals surface area (Å²) in [6.45, 7) is 3.81. The van der Waals surface area contributed by atoms with Gasteiger partial charge in [0.05, 0.1) is 12.2 Å². The smallest absolute Gasteiger partial charge is 0.341 e. The van der Waals surface area contributed by atoms with Crippen LogP contribution in [0.1, 0.15) is 62.0 Å². The monoisotopic (exact) mass is 398 g/mol. The minimum atomic E-state index is -0.342. The number of nitrogens with one attached hydrogen (secondary N) is 1. The van der Waals surface area contributed by atoms with Gasteiger partial charge in [0.2, 0.25) is 0 Å². The number of likely N-dealkylation sites (N-methyl/N-ethyl adjacent to an activating group) is 1. The Bertz CT molecular complexity index is 919. The van der Waals surface area contributed by atoms with Gasteiger partial charge >= 0.3 is 5.97 Å². The molecule has 1 aliphatic carbocycles. The number of aryl methyl sites for hydroxylation is 2. The van der Waals surface area contributed by atoms with Crippen molar-refractivity contribution in [1.29, 1.82) is 0 Å². The van der Waals surface area contributed by atoms with E-state index in [0.717, 1.165) is 42.8 Å². The molecule has 1 N–H and O–H groups in total. The van der Waals surface area contributed by atoms with Gasteiger partial charge in [0.25, 0.3) is 5.91 Å². The highest BCUT2D eigenvalue weighted by Gasteiger charge is 2.29. The third kappa shape index (κ3) is 3.71. The summed E-state index contributed by atoms with van der Waals surface area (Å²) < 4.78 is 5.28. The van der Waals surface area contributed by atoms with Gasteiger partial charge in [-0.3, -0.25) is 4.79 Å². The highest BCUT2D eigenvalue weighted by Crippen LogP contribution is 2.37. The van der Waals surface area contributed by atoms with Crippen LogP contribution in [0.4, 0.5) is 5.00 Å². The molecule has 28 heavy (non-hydrogen) atoms. The van der Waals surface area contributed by atoms with Crippen LogP contribution in [0.2, 0.25) is 0 Å². The zero-order valence-electron chi connectivity index (χ0n) is 16.5. The molecular weight excluding hydrogens is 372 g/mol. The average molecular weight is 399 g/mol. The number of amides is 1. The van der Waals surface area contributed by atoms with Crippen LogP contribution in [0, 0.1) is 0 Å². The molecule has 0 saturated heterocycles. The molecule has 4 rings (SSSR count). The molecule has 0 atom stereocenters. The predicted octanol–water partition coefficient (Wildman–Crippen LogP) is 4.04. The number of hydrogen-bond donors (Lipinski definition) is 1. The van der Waals surface area contributed by atoms with Gasteiger partial charge in [-0.1, -0.05) is 6.07 Å². The van der Waals surface area contributed by atoms with Gasteiger partial charge in [-0.05, 0) is 74.9 Å². The molecular formula is C22H26N2O3S. The van der Waals surface area contributed by atoms with Crippen LogP contribution in [0.15, 0.2) is 18.2 Å². The number of thiophene rings is 1. The third-order valence-electron chi connectivity index (χ3n) is 5.57. The van der Waals surface area contributed by atoms with Gasteiger partial charge in [0, 0.05) is 23.5 Å². The molecule has 0 radical (unpaired) electrons. The number of esters is 1. The van der Waals surface area contributed by atoms with Gasteiger partial charge in [0.1, 0.15) is 5.00 Å². The minimum Gasteiger partial charge on any atom is -0.462 e. The minimum absolute atomic E-state index is 0.161. The molecule has 1 amide bonds. The van der Waals surface area contributed by atoms with Gasteiger partial charge in [0.15, 0.2) is 0 Å². The summed E-state index contributed by atoms with van der Waals surface area (Å²) in [5.41, 5.74) is 4.85. The number of rotatable bonds is 4. The fourth-order valence-electron chi connectivity index (χ4n) is 4.09. The van der Waals surface area contributed by atoms with E-state index < -0.39 is 0 Å². The summed E-state index contributed by atoms with van der Waals surface area (Å²) in [6, 6.07) is 5.98. The van der Waals surface area contributed by atoms with Crippen LogP contribution >= 0.6 is 11.3 Å². The van der Waals surface area contributed by atoms with E-state index in [1.165, 1.54) is 35.3 Å². The Kier molecular flexibility index (Phi) is 5.51. The second kappa shape index (κ2) is 8.05. The normalized spacial score (nSPS) is 16.2. The Morgan fingerprint density at radius 1 is 1.18 bits per heavy atom. The van der Waals surface area contributed by atoms with Crippen LogP contribution in [0.5, 0.6) is 0 Å². The van der Waals surface area contributed by atoms with Crippen LogP contribution in [-0.4, -0.2) is 37.0 Å². The first-order valence-electron chi connectivity index (χ1n) is 10.00. The Hall–Kier alpha value is -2.18. The summed E-state index contributed by atoms with van der Waals surface area (Å²) in [4.78, 5) is 28.9. The molecule has 0 bridgehead atoms. The number of carbonyl (C=O) groups is 2. The number of ether oxygens (including phenoxy) is 1. The second-order valence-electron chi connectivity index (χ2n) is 7.56. The standard InChI is InChI=1S/C22H26N2O3S/c1-3-27-22(26)19-17-10-11-24(2)13-18(17)28-21(19)23-20(25)16-9-8-14-6-4-5-7-15(14)12-16/h8-9,12H,3-7,10-11,13H2,1-2H3,(H,23,25). The van der Waals surface area contributed by atoms with Crippen LogP contribution in [0.25, 0.3) is 0 Å². The first-order valence-corrected chi connectivity index (χ1v) is 10.8. The van der Waals surface area contributed by atoms with Crippen molar-refractivity contribution >= 4 is 28.2 Å². The number of carbonyl (C=O) groups excluding carboxylic acids is 2. The quantitative estimate of drug-likeness (QED) is 0.790. The van der Waals surface area contributed by atoms with E-state index in [-0.39, 0.29) is 11.9 Å². The van der Waals surface area contributed by atoms with E-state index in [1.54, 1.807) is 6.92 Å². The fourth-order valence-corrected chi connectivity index (χ4v) is 5.40. The van der Waals surface area contributed by atoms with E-state index in [0.29, 0.717) is 22.7 Å². The van der Waals surface area contributed by atoms with Crippen molar-refractivity contribution in [1.82, 2.24) is 4.90 Å². The van der Waals surface area contributed by atoms with E-state index in [9.17, 15) is 9.59 Å². The number of hydrogen-bond acceptors (Lipinski definition) is 5. The lowest BCUT2D eigenvalue weighted by Gasteiger charge is -2.22. The molecule has 0 spiro atoms. The van der Waals surface area contributed by atoms with Crippen molar-refractivity contribution < 1.29 is 14.3 Å². The number of anilines is 1. The lowest BCUT2D eigenvalue weighted by atomic mass is 9.90. The zero-order chi connectivity index (χ0) is 19.7. The molecule has 1 aliphatic heterocycles. The Labute approximate surface area is 169 Å². The van der Waals surface area contributed by atoms with Gasteiger partial charge in [-0.25, -0.2) is 4.79 Å². The SMILES string of the molecule is CCOC(=O)c1c(NC(=O)c2ccc3c(c2)CCCC3)sc2c1CCN(C)C2. The fraction of sp³-hybridized carbons (Fsp3) is 0.455. The topological polar surface area (TPSA) is 58.6 Å². The summed E-state index contributed by atoms with van der Waals surface area (Å²) >= 11 is 1.50. The van der Waals surface area contributed by atoms with E-state index in [4.69, 9.17) is 4.74 Å². The zero-order valence-corrected chi connectivity index (χ0v) is 17.3. The largest absolute Gasteiger partial charge is 0.462 e. The molecule has 0 unspecified atom stereocenters. The highest BCUT2D eigenvalue weighted by atomic mass is 32.1. The molecule has 1 aromatic carbocycles. The van der Waals surface area contributed by atoms with Crippen LogP contribution < -0.4 is 5.32 Å². The van der Waals surface area contributed by atoms with E-state index >= 15 is 0 Å². The Balaban J connectivity index is 1.63. The first kappa shape index (κ1) is 19.2. The number of benzene rings is 1. The molecule has 2 aliphatic rings. The van der Waals surface area contributed by atoms with Gasteiger partial charge in [-0.15, -0.1) is 11.3 Å². The summed E-state index contributed by atoms with van der Waals surface area (Å²) in [6.07, 6.45) is 5.32. The molecule has 0 saturated carbocycles. The Morgan fingerprint density at radius 2 is 1.96 bits per heavy atom. The average Bonchev–Trinajstić information content (AvgIpc) is 3.04. The predicted molar refractivity (Wildman–Crippen MR) is 111 cm³/mol. The number of nitrogens with zero attached hydrogens (tertiary/aromatic N) is 1. The van der Waals surface area contributed by atoms with Crippen molar-refractivity contribution in [3.8, 4) is 0 Å². The molecule has 2 aromatic rings. The number of fused-ring (bicyclic) bond motifs is 2. The maximum atomic E-state index is 12.9. The van der Waals surface area contributed by atoms with Crippen molar-refractivity contribution in [3.05, 3.63) is 50.9 Å². The van der Waals surface area contributed by atoms with Crippen LogP contribution in [-0.2, 0) is 30.5 Å². The lowest BCUT2D eigenvalue weighted by Crippen LogP contribution is -2.26. The molecule has 148 valence electrons. The third-order valence-corrected chi connectivity index (χ3v) is 6.70. The Morgan fingerprint density at radius 3 is 2.75 bits per heavy atom. The maximum Gasteiger partial charge on any atom is 0.341 e. The summed E-state index contributed by atoms with van der Waals surface area (Å²) in [7, 11) is 2.07. The lowest BCUT2D eigenvalue weighted by molar-refractivity contribution is 0.0526. The summed E-state index contributed by atoms with van der Waals surface area (Å²) in [5.74, 6) is -0.504. The van der Waals surface area contributed by atoms with Gasteiger partial charge < -0.3 is 15.0 Å². The van der Waals surface area contributed by atoms with Crippen molar-refractivity contribution in [2.24, 2.45) is 0 Å².